The van der Waals surface area contributed by atoms with Crippen molar-refractivity contribution in [3.8, 4) is 0 Å². The quantitative estimate of drug-likeness (QED) is 0.250. The second-order valence-corrected chi connectivity index (χ2v) is 18.9. The Morgan fingerprint density at radius 2 is 1.61 bits per heavy atom. The topological polar surface area (TPSA) is 197 Å². The zero-order chi connectivity index (χ0) is 43.9. The number of ether oxygens (including phenoxy) is 9. The van der Waals surface area contributed by atoms with E-state index in [0.717, 1.165) is 0 Å². The standard InChI is InChI=1S/C43H74N2O14/c1-15-31-43(11,50)38-23(4)33(44-27(8)46)21(2)17-42(10,53-20-30-29(56-30)19-52-38)37(59-40-34(47)28(45(12)13)16-22(3)54-40)24(5)35(25(6)39(49)57-31)58-32-18-41(9,51-14)36(48)26(7)55-32/h21-26,28-32,34-38,40,47-48,50H,15-20H2,1-14H3/t21-,22-,23+,24+,25-,26+,28+,29?,30?,31-,32+,34-,35+,36+,37-,38-,40+,41-,42+,43-/m1/s1. The van der Waals surface area contributed by atoms with Gasteiger partial charge < -0.3 is 62.9 Å². The van der Waals surface area contributed by atoms with Crippen LogP contribution in [0.4, 0.5) is 0 Å². The van der Waals surface area contributed by atoms with E-state index in [0.29, 0.717) is 12.1 Å². The molecule has 16 nitrogen and oxygen atoms in total. The van der Waals surface area contributed by atoms with Gasteiger partial charge in [0.1, 0.15) is 36.1 Å². The van der Waals surface area contributed by atoms with Gasteiger partial charge in [-0.05, 0) is 80.8 Å². The third-order valence-electron chi connectivity index (χ3n) is 13.8. The molecule has 5 heterocycles. The lowest BCUT2D eigenvalue weighted by Gasteiger charge is -2.50. The maximum absolute atomic E-state index is 14.6. The van der Waals surface area contributed by atoms with Crippen molar-refractivity contribution in [2.45, 2.75) is 198 Å². The lowest BCUT2D eigenvalue weighted by atomic mass is 9.73. The van der Waals surface area contributed by atoms with Gasteiger partial charge in [-0.15, -0.1) is 0 Å². The first-order chi connectivity index (χ1) is 27.5. The summed E-state index contributed by atoms with van der Waals surface area (Å²) in [4.78, 5) is 34.0. The Labute approximate surface area is 350 Å². The molecule has 5 saturated heterocycles. The summed E-state index contributed by atoms with van der Waals surface area (Å²) in [7, 11) is 5.33. The zero-order valence-electron chi connectivity index (χ0n) is 37.8. The van der Waals surface area contributed by atoms with Crippen LogP contribution >= 0.6 is 0 Å². The van der Waals surface area contributed by atoms with Crippen LogP contribution in [0.25, 0.3) is 0 Å². The number of carbonyl (C=O) groups is 2. The first kappa shape index (κ1) is 48.4. The molecule has 5 aliphatic rings. The monoisotopic (exact) mass is 843 g/mol. The number of nitrogens with zero attached hydrogens (tertiary/aromatic N) is 2. The third kappa shape index (κ3) is 10.4. The van der Waals surface area contributed by atoms with Gasteiger partial charge in [0.15, 0.2) is 12.6 Å². The molecule has 5 fully saturated rings. The average molecular weight is 843 g/mol. The number of cyclic esters (lactones) is 1. The van der Waals surface area contributed by atoms with E-state index in [1.165, 1.54) is 14.0 Å². The minimum absolute atomic E-state index is 0.117. The number of methoxy groups -OCH3 is 1. The summed E-state index contributed by atoms with van der Waals surface area (Å²) in [6.45, 7) is 19.9. The average Bonchev–Trinajstić information content (AvgIpc) is 3.92. The molecular weight excluding hydrogens is 768 g/mol. The fraction of sp³-hybridized carbons (Fsp3) is 0.930. The summed E-state index contributed by atoms with van der Waals surface area (Å²) in [5.74, 6) is -3.84. The van der Waals surface area contributed by atoms with Crippen molar-refractivity contribution in [2.75, 3.05) is 34.4 Å². The number of fused-ring (bicyclic) bond motifs is 6. The Morgan fingerprint density at radius 3 is 2.22 bits per heavy atom. The normalized spacial score (nSPS) is 49.8. The number of epoxide rings is 1. The smallest absolute Gasteiger partial charge is 0.311 e. The first-order valence-corrected chi connectivity index (χ1v) is 21.6. The van der Waals surface area contributed by atoms with Gasteiger partial charge >= 0.3 is 5.97 Å². The maximum Gasteiger partial charge on any atom is 0.311 e. The maximum atomic E-state index is 14.6. The molecule has 1 amide bonds. The van der Waals surface area contributed by atoms with Crippen LogP contribution in [0.2, 0.25) is 0 Å². The van der Waals surface area contributed by atoms with Gasteiger partial charge in [-0.3, -0.25) is 9.59 Å². The molecular formula is C43H74N2O14. The molecule has 0 aromatic carbocycles. The molecule has 59 heavy (non-hydrogen) atoms. The summed E-state index contributed by atoms with van der Waals surface area (Å²) < 4.78 is 58.3. The number of amides is 1. The molecule has 0 aliphatic carbocycles. The highest BCUT2D eigenvalue weighted by atomic mass is 16.7. The predicted molar refractivity (Wildman–Crippen MR) is 215 cm³/mol. The minimum atomic E-state index is -1.75. The lowest BCUT2D eigenvalue weighted by molar-refractivity contribution is -0.320. The van der Waals surface area contributed by atoms with E-state index in [-0.39, 0.29) is 56.8 Å². The van der Waals surface area contributed by atoms with Crippen molar-refractivity contribution in [3.05, 3.63) is 0 Å². The predicted octanol–water partition coefficient (Wildman–Crippen LogP) is 3.03. The third-order valence-corrected chi connectivity index (χ3v) is 13.8. The second-order valence-electron chi connectivity index (χ2n) is 18.9. The second kappa shape index (κ2) is 19.0. The summed E-state index contributed by atoms with van der Waals surface area (Å²) in [6.07, 6.45) is -8.45. The minimum Gasteiger partial charge on any atom is -0.459 e. The van der Waals surface area contributed by atoms with Gasteiger partial charge in [0.05, 0.1) is 60.9 Å². The van der Waals surface area contributed by atoms with Crippen LogP contribution in [0, 0.1) is 23.7 Å². The van der Waals surface area contributed by atoms with Crippen molar-refractivity contribution < 1.29 is 67.5 Å². The Morgan fingerprint density at radius 1 is 0.949 bits per heavy atom. The molecule has 0 radical (unpaired) electrons. The van der Waals surface area contributed by atoms with E-state index in [4.69, 9.17) is 42.6 Å². The summed E-state index contributed by atoms with van der Waals surface area (Å²) in [6, 6.07) is -0.288. The highest BCUT2D eigenvalue weighted by Crippen LogP contribution is 2.44. The number of esters is 1. The first-order valence-electron chi connectivity index (χ1n) is 21.6. The fourth-order valence-electron chi connectivity index (χ4n) is 10.2. The Hall–Kier alpha value is -1.67. The van der Waals surface area contributed by atoms with E-state index < -0.39 is 108 Å². The van der Waals surface area contributed by atoms with Gasteiger partial charge in [0, 0.05) is 44.0 Å². The van der Waals surface area contributed by atoms with Crippen molar-refractivity contribution in [3.63, 3.8) is 0 Å². The van der Waals surface area contributed by atoms with E-state index in [1.54, 1.807) is 27.7 Å². The van der Waals surface area contributed by atoms with Crippen LogP contribution in [0.5, 0.6) is 0 Å². The van der Waals surface area contributed by atoms with Crippen LogP contribution in [0.1, 0.15) is 102 Å². The Balaban J connectivity index is 1.72. The van der Waals surface area contributed by atoms with Gasteiger partial charge in [0.25, 0.3) is 0 Å². The molecule has 20 atom stereocenters. The summed E-state index contributed by atoms with van der Waals surface area (Å²) in [5.41, 5.74) is -3.54. The van der Waals surface area contributed by atoms with E-state index in [1.807, 2.05) is 60.5 Å². The van der Waals surface area contributed by atoms with E-state index >= 15 is 0 Å². The number of hydrogen-bond acceptors (Lipinski definition) is 15. The number of aliphatic imine (C=N–C) groups is 1. The highest BCUT2D eigenvalue weighted by molar-refractivity contribution is 5.97. The van der Waals surface area contributed by atoms with Crippen LogP contribution in [0.15, 0.2) is 4.99 Å². The Kier molecular flexibility index (Phi) is 15.6. The molecule has 5 rings (SSSR count). The Bertz CT molecular complexity index is 1480. The van der Waals surface area contributed by atoms with Gasteiger partial charge in [0.2, 0.25) is 5.91 Å². The highest BCUT2D eigenvalue weighted by Gasteiger charge is 2.56. The van der Waals surface area contributed by atoms with Crippen LogP contribution < -0.4 is 0 Å². The van der Waals surface area contributed by atoms with E-state index in [9.17, 15) is 24.9 Å². The molecule has 0 aromatic heterocycles. The summed E-state index contributed by atoms with van der Waals surface area (Å²) >= 11 is 0. The van der Waals surface area contributed by atoms with Crippen molar-refractivity contribution >= 4 is 17.6 Å². The SMILES string of the molecule is CC[C@H]1OC(=O)[C@H](C)[C@@H](O[C@H]2C[C@@](C)(OC)[C@@H](O)[C@H](C)O2)[C@H](C)[C@@H](O[C@@H]2O[C@H](C)C[C@H](N(C)C)[C@H]2O)[C@]2(C)C[C@@H](C)C(=NC(C)=O)[C@H](C)[C@@H](OCC3OC3CO2)[C@]1(C)O. The van der Waals surface area contributed by atoms with Crippen LogP contribution in [0.3, 0.4) is 0 Å². The number of aliphatic hydroxyl groups is 3. The molecule has 0 spiro atoms. The molecule has 5 aliphatic heterocycles. The number of rotatable bonds is 7. The van der Waals surface area contributed by atoms with Crippen molar-refractivity contribution in [2.24, 2.45) is 28.7 Å². The van der Waals surface area contributed by atoms with Gasteiger partial charge in [-0.25, -0.2) is 4.99 Å². The van der Waals surface area contributed by atoms with Crippen molar-refractivity contribution in [1.29, 1.82) is 0 Å². The molecule has 0 saturated carbocycles. The number of carbonyl (C=O) groups excluding carboxylic acids is 2. The lowest BCUT2D eigenvalue weighted by Crippen LogP contribution is -2.62. The molecule has 2 unspecified atom stereocenters. The number of hydrogen-bond donors (Lipinski definition) is 3. The van der Waals surface area contributed by atoms with Crippen LogP contribution in [-0.2, 0) is 52.2 Å². The van der Waals surface area contributed by atoms with E-state index in [2.05, 4.69) is 4.99 Å². The molecule has 0 aromatic rings. The number of likely N-dealkylation sites (N-methyl/N-ethyl adjacent to an activating group) is 1. The summed E-state index contributed by atoms with van der Waals surface area (Å²) in [5, 5.41) is 35.5. The largest absolute Gasteiger partial charge is 0.459 e. The van der Waals surface area contributed by atoms with Gasteiger partial charge in [-0.2, -0.15) is 0 Å². The molecule has 2 bridgehead atoms. The van der Waals surface area contributed by atoms with Gasteiger partial charge in [-0.1, -0.05) is 27.7 Å². The number of aliphatic hydroxyl groups excluding tert-OH is 2. The molecule has 340 valence electrons. The van der Waals surface area contributed by atoms with Crippen LogP contribution in [-0.4, -0.2) is 169 Å². The van der Waals surface area contributed by atoms with Crippen molar-refractivity contribution in [1.82, 2.24) is 4.90 Å². The zero-order valence-corrected chi connectivity index (χ0v) is 37.8. The molecule has 16 heteroatoms. The fourth-order valence-corrected chi connectivity index (χ4v) is 10.2. The molecule has 3 N–H and O–H groups in total.